The molecule has 120 valence electrons. The molecule has 2 aromatic carbocycles. The summed E-state index contributed by atoms with van der Waals surface area (Å²) in [5, 5.41) is 2.60. The van der Waals surface area contributed by atoms with Gasteiger partial charge in [0.25, 0.3) is 10.1 Å². The predicted octanol–water partition coefficient (Wildman–Crippen LogP) is 4.29. The maximum absolute atomic E-state index is 9.78. The number of hydrogen-bond acceptors (Lipinski definition) is 3. The van der Waals surface area contributed by atoms with E-state index in [1.54, 1.807) is 0 Å². The topological polar surface area (TPSA) is 43.4 Å². The lowest BCUT2D eigenvalue weighted by molar-refractivity contribution is 0.403. The van der Waals surface area contributed by atoms with Crippen LogP contribution >= 0.6 is 0 Å². The molecule has 0 aliphatic carbocycles. The molecule has 0 atom stereocenters. The van der Waals surface area contributed by atoms with Gasteiger partial charge in [-0.15, -0.1) is 0 Å². The second-order valence-electron chi connectivity index (χ2n) is 5.84. The van der Waals surface area contributed by atoms with E-state index in [1.165, 1.54) is 21.9 Å². The monoisotopic (exact) mass is 320 g/mol. The van der Waals surface area contributed by atoms with Crippen molar-refractivity contribution in [3.8, 4) is 0 Å². The molecule has 0 saturated heterocycles. The first kappa shape index (κ1) is 18.4. The summed E-state index contributed by atoms with van der Waals surface area (Å²) in [6, 6.07) is 15.1. The van der Waals surface area contributed by atoms with Crippen LogP contribution in [-0.4, -0.2) is 21.8 Å². The summed E-state index contributed by atoms with van der Waals surface area (Å²) < 4.78 is 23.5. The first-order valence-electron chi connectivity index (χ1n) is 6.99. The van der Waals surface area contributed by atoms with E-state index in [-0.39, 0.29) is 5.41 Å². The molecule has 2 rings (SSSR count). The van der Waals surface area contributed by atoms with Crippen LogP contribution in [-0.2, 0) is 19.7 Å². The third kappa shape index (κ3) is 4.97. The molecule has 0 N–H and O–H groups in total. The van der Waals surface area contributed by atoms with Gasteiger partial charge in [-0.2, -0.15) is 8.42 Å². The third-order valence-corrected chi connectivity index (χ3v) is 4.45. The van der Waals surface area contributed by atoms with Crippen molar-refractivity contribution >= 4 is 20.9 Å². The van der Waals surface area contributed by atoms with Crippen molar-refractivity contribution < 1.29 is 12.6 Å². The molecule has 3 nitrogen and oxygen atoms in total. The molecule has 0 saturated carbocycles. The average Bonchev–Trinajstić information content (AvgIpc) is 2.46. The molecule has 4 heteroatoms. The maximum Gasteiger partial charge on any atom is 0.264 e. The summed E-state index contributed by atoms with van der Waals surface area (Å²) in [5.41, 5.74) is 2.57. The van der Waals surface area contributed by atoms with Gasteiger partial charge in [-0.3, -0.25) is 4.18 Å². The van der Waals surface area contributed by atoms with E-state index in [0.29, 0.717) is 0 Å². The Kier molecular flexibility index (Phi) is 5.92. The Bertz CT molecular complexity index is 759. The van der Waals surface area contributed by atoms with Crippen molar-refractivity contribution in [3.63, 3.8) is 0 Å². The molecule has 0 amide bonds. The van der Waals surface area contributed by atoms with E-state index in [9.17, 15) is 8.42 Å². The molecule has 0 aliphatic heterocycles. The van der Waals surface area contributed by atoms with Crippen LogP contribution in [0.5, 0.6) is 0 Å². The van der Waals surface area contributed by atoms with Crippen LogP contribution < -0.4 is 0 Å². The smallest absolute Gasteiger partial charge is 0.264 e. The van der Waals surface area contributed by atoms with Gasteiger partial charge in [0.1, 0.15) is 0 Å². The summed E-state index contributed by atoms with van der Waals surface area (Å²) in [6.45, 7) is 10.6. The summed E-state index contributed by atoms with van der Waals surface area (Å²) in [5.74, 6) is 0. The highest BCUT2D eigenvalue weighted by molar-refractivity contribution is 7.85. The van der Waals surface area contributed by atoms with Crippen molar-refractivity contribution in [2.75, 3.05) is 13.4 Å². The van der Waals surface area contributed by atoms with Gasteiger partial charge in [0, 0.05) is 5.41 Å². The number of benzene rings is 2. The fraction of sp³-hybridized carbons (Fsp3) is 0.333. The second-order valence-corrected chi connectivity index (χ2v) is 7.58. The summed E-state index contributed by atoms with van der Waals surface area (Å²) in [6.07, 6.45) is 0.993. The minimum Gasteiger partial charge on any atom is -0.274 e. The second kappa shape index (κ2) is 7.07. The van der Waals surface area contributed by atoms with Gasteiger partial charge < -0.3 is 0 Å². The van der Waals surface area contributed by atoms with Gasteiger partial charge >= 0.3 is 0 Å². The standard InChI is InChI=1S/C16H18.C2H6O3S/c1-12(2)16(3,4)15-10-9-13-7-5-6-8-14(13)11-15;1-5-6(2,3)4/h5-11H,1H2,2-4H3;1-2H3. The first-order chi connectivity index (χ1) is 10.1. The lowest BCUT2D eigenvalue weighted by atomic mass is 9.78. The zero-order valence-corrected chi connectivity index (χ0v) is 14.7. The highest BCUT2D eigenvalue weighted by Crippen LogP contribution is 2.31. The van der Waals surface area contributed by atoms with Gasteiger partial charge in [0.2, 0.25) is 0 Å². The van der Waals surface area contributed by atoms with E-state index in [2.05, 4.69) is 74.0 Å². The lowest BCUT2D eigenvalue weighted by Gasteiger charge is -2.26. The fourth-order valence-corrected chi connectivity index (χ4v) is 1.82. The molecule has 0 aliphatic rings. The molecule has 0 unspecified atom stereocenters. The van der Waals surface area contributed by atoms with Crippen molar-refractivity contribution in [2.45, 2.75) is 26.2 Å². The van der Waals surface area contributed by atoms with Crippen LogP contribution in [0.4, 0.5) is 0 Å². The van der Waals surface area contributed by atoms with Crippen LogP contribution in [0, 0.1) is 0 Å². The van der Waals surface area contributed by atoms with E-state index < -0.39 is 10.1 Å². The van der Waals surface area contributed by atoms with Crippen LogP contribution in [0.25, 0.3) is 10.8 Å². The molecule has 0 spiro atoms. The normalized spacial score (nSPS) is 11.7. The first-order valence-corrected chi connectivity index (χ1v) is 8.80. The molecule has 22 heavy (non-hydrogen) atoms. The number of rotatable bonds is 3. The number of fused-ring (bicyclic) bond motifs is 1. The summed E-state index contributed by atoms with van der Waals surface area (Å²) in [4.78, 5) is 0. The summed E-state index contributed by atoms with van der Waals surface area (Å²) >= 11 is 0. The Balaban J connectivity index is 0.000000346. The van der Waals surface area contributed by atoms with Gasteiger partial charge in [-0.1, -0.05) is 68.5 Å². The van der Waals surface area contributed by atoms with Gasteiger partial charge in [-0.25, -0.2) is 0 Å². The van der Waals surface area contributed by atoms with Crippen LogP contribution in [0.15, 0.2) is 54.6 Å². The van der Waals surface area contributed by atoms with E-state index in [1.807, 2.05) is 0 Å². The van der Waals surface area contributed by atoms with E-state index >= 15 is 0 Å². The molecular weight excluding hydrogens is 296 g/mol. The largest absolute Gasteiger partial charge is 0.274 e. The van der Waals surface area contributed by atoms with Gasteiger partial charge in [0.15, 0.2) is 0 Å². The minimum absolute atomic E-state index is 0.0457. The van der Waals surface area contributed by atoms with Gasteiger partial charge in [0.05, 0.1) is 13.4 Å². The molecule has 0 bridgehead atoms. The van der Waals surface area contributed by atoms with Crippen molar-refractivity contribution in [2.24, 2.45) is 0 Å². The predicted molar refractivity (Wildman–Crippen MR) is 93.6 cm³/mol. The van der Waals surface area contributed by atoms with Crippen LogP contribution in [0.3, 0.4) is 0 Å². The maximum atomic E-state index is 9.78. The number of hydrogen-bond donors (Lipinski definition) is 0. The van der Waals surface area contributed by atoms with E-state index in [0.717, 1.165) is 13.4 Å². The summed E-state index contributed by atoms with van der Waals surface area (Å²) in [7, 11) is -2.04. The Morgan fingerprint density at radius 1 is 1.09 bits per heavy atom. The molecule has 0 heterocycles. The van der Waals surface area contributed by atoms with Crippen molar-refractivity contribution in [1.82, 2.24) is 0 Å². The average molecular weight is 320 g/mol. The van der Waals surface area contributed by atoms with Crippen molar-refractivity contribution in [1.29, 1.82) is 0 Å². The van der Waals surface area contributed by atoms with Crippen LogP contribution in [0.1, 0.15) is 26.3 Å². The Morgan fingerprint density at radius 2 is 1.59 bits per heavy atom. The highest BCUT2D eigenvalue weighted by Gasteiger charge is 2.21. The Morgan fingerprint density at radius 3 is 2.05 bits per heavy atom. The lowest BCUT2D eigenvalue weighted by Crippen LogP contribution is -2.17. The third-order valence-electron chi connectivity index (χ3n) is 3.84. The SMILES string of the molecule is C=C(C)C(C)(C)c1ccc2ccccc2c1.COS(C)(=O)=O. The molecule has 0 aromatic heterocycles. The molecule has 0 fully saturated rings. The van der Waals surface area contributed by atoms with Crippen molar-refractivity contribution in [3.05, 3.63) is 60.2 Å². The minimum atomic E-state index is -3.16. The van der Waals surface area contributed by atoms with E-state index in [4.69, 9.17) is 0 Å². The zero-order valence-electron chi connectivity index (χ0n) is 13.9. The zero-order chi connectivity index (χ0) is 17.0. The van der Waals surface area contributed by atoms with Crippen LogP contribution in [0.2, 0.25) is 0 Å². The Hall–Kier alpha value is -1.65. The quantitative estimate of drug-likeness (QED) is 0.626. The Labute approximate surface area is 133 Å². The highest BCUT2D eigenvalue weighted by atomic mass is 32.2. The number of allylic oxidation sites excluding steroid dienone is 1. The molecular formula is C18H24O3S. The fourth-order valence-electron chi connectivity index (χ4n) is 1.82. The molecule has 2 aromatic rings. The van der Waals surface area contributed by atoms with Gasteiger partial charge in [-0.05, 0) is 23.3 Å². The molecule has 0 radical (unpaired) electrons.